The lowest BCUT2D eigenvalue weighted by molar-refractivity contribution is -0.118. The number of hydrogen-bond acceptors (Lipinski definition) is 6. The highest BCUT2D eigenvalue weighted by molar-refractivity contribution is 8.00. The second-order valence-electron chi connectivity index (χ2n) is 5.56. The molecule has 0 bridgehead atoms. The van der Waals surface area contributed by atoms with E-state index in [1.807, 2.05) is 24.3 Å². The van der Waals surface area contributed by atoms with Crippen LogP contribution in [0.15, 0.2) is 35.6 Å². The third-order valence-electron chi connectivity index (χ3n) is 3.89. The molecule has 0 radical (unpaired) electrons. The number of carbonyl (C=O) groups is 1. The molecule has 0 aliphatic carbocycles. The zero-order valence-electron chi connectivity index (χ0n) is 14.3. The largest absolute Gasteiger partial charge is 0.497 e. The Morgan fingerprint density at radius 1 is 1.32 bits per heavy atom. The first-order chi connectivity index (χ1) is 12.1. The summed E-state index contributed by atoms with van der Waals surface area (Å²) in [6, 6.07) is 7.67. The third-order valence-corrected chi connectivity index (χ3v) is 6.00. The van der Waals surface area contributed by atoms with Gasteiger partial charge in [-0.1, -0.05) is 23.9 Å². The smallest absolute Gasteiger partial charge is 0.230 e. The maximum absolute atomic E-state index is 12.2. The number of aryl methyl sites for hydroxylation is 2. The Morgan fingerprint density at radius 2 is 2.16 bits per heavy atom. The highest BCUT2D eigenvalue weighted by Crippen LogP contribution is 2.34. The predicted molar refractivity (Wildman–Crippen MR) is 102 cm³/mol. The first-order valence-corrected chi connectivity index (χ1v) is 9.62. The summed E-state index contributed by atoms with van der Waals surface area (Å²) in [7, 11) is 1.63. The first-order valence-electron chi connectivity index (χ1n) is 7.81. The van der Waals surface area contributed by atoms with Crippen molar-refractivity contribution < 1.29 is 9.53 Å². The van der Waals surface area contributed by atoms with Crippen molar-refractivity contribution in [2.24, 2.45) is 0 Å². The van der Waals surface area contributed by atoms with Crippen LogP contribution in [-0.4, -0.2) is 28.7 Å². The topological polar surface area (TPSA) is 64.1 Å². The summed E-state index contributed by atoms with van der Waals surface area (Å²) in [5.74, 6) is 1.08. The van der Waals surface area contributed by atoms with Crippen molar-refractivity contribution in [3.63, 3.8) is 0 Å². The molecule has 0 atom stereocenters. The fourth-order valence-electron chi connectivity index (χ4n) is 2.43. The number of rotatable bonds is 6. The van der Waals surface area contributed by atoms with Crippen LogP contribution in [0.2, 0.25) is 0 Å². The maximum atomic E-state index is 12.2. The molecule has 0 unspecified atom stereocenters. The van der Waals surface area contributed by atoms with Gasteiger partial charge in [-0.15, -0.1) is 11.3 Å². The number of hydrogen-bond donors (Lipinski definition) is 1. The van der Waals surface area contributed by atoms with Gasteiger partial charge in [-0.25, -0.2) is 9.97 Å². The predicted octanol–water partition coefficient (Wildman–Crippen LogP) is 3.73. The van der Waals surface area contributed by atoms with Gasteiger partial charge in [0.1, 0.15) is 21.9 Å². The van der Waals surface area contributed by atoms with Gasteiger partial charge in [0, 0.05) is 16.8 Å². The second-order valence-corrected chi connectivity index (χ2v) is 7.73. The quantitative estimate of drug-likeness (QED) is 0.527. The molecule has 130 valence electrons. The Morgan fingerprint density at radius 3 is 2.96 bits per heavy atom. The minimum absolute atomic E-state index is 0.0239. The van der Waals surface area contributed by atoms with Crippen LogP contribution in [0.3, 0.4) is 0 Å². The van der Waals surface area contributed by atoms with Crippen molar-refractivity contribution in [2.45, 2.75) is 25.4 Å². The molecular weight excluding hydrogens is 354 g/mol. The molecule has 0 saturated heterocycles. The molecular formula is C18H19N3O2S2. The van der Waals surface area contributed by atoms with Gasteiger partial charge in [-0.3, -0.25) is 4.79 Å². The highest BCUT2D eigenvalue weighted by Gasteiger charge is 2.13. The number of fused-ring (bicyclic) bond motifs is 1. The van der Waals surface area contributed by atoms with Gasteiger partial charge in [0.05, 0.1) is 12.9 Å². The van der Waals surface area contributed by atoms with E-state index in [0.717, 1.165) is 26.6 Å². The molecule has 1 N–H and O–H groups in total. The molecule has 1 aromatic carbocycles. The summed E-state index contributed by atoms with van der Waals surface area (Å²) < 4.78 is 5.19. The summed E-state index contributed by atoms with van der Waals surface area (Å²) in [4.78, 5) is 23.1. The zero-order valence-corrected chi connectivity index (χ0v) is 16.0. The van der Waals surface area contributed by atoms with E-state index in [1.165, 1.54) is 22.2 Å². The fraction of sp³-hybridized carbons (Fsp3) is 0.278. The minimum atomic E-state index is -0.0239. The van der Waals surface area contributed by atoms with E-state index in [4.69, 9.17) is 4.74 Å². The Hall–Kier alpha value is -2.12. The molecule has 3 aromatic rings. The molecule has 0 spiro atoms. The number of thioether (sulfide) groups is 1. The van der Waals surface area contributed by atoms with E-state index in [-0.39, 0.29) is 5.91 Å². The summed E-state index contributed by atoms with van der Waals surface area (Å²) in [5, 5.41) is 4.86. The SMILES string of the molecule is COc1cccc(CNC(=O)CSc2ncnc3sc(C)c(C)c23)c1. The highest BCUT2D eigenvalue weighted by atomic mass is 32.2. The first kappa shape index (κ1) is 17.7. The van der Waals surface area contributed by atoms with Crippen LogP contribution in [0.5, 0.6) is 5.75 Å². The Balaban J connectivity index is 1.61. The van der Waals surface area contributed by atoms with Crippen molar-refractivity contribution >= 4 is 39.2 Å². The van der Waals surface area contributed by atoms with Gasteiger partial charge in [-0.2, -0.15) is 0 Å². The molecule has 2 heterocycles. The molecule has 2 aromatic heterocycles. The number of carbonyl (C=O) groups excluding carboxylic acids is 1. The van der Waals surface area contributed by atoms with Crippen LogP contribution in [0.25, 0.3) is 10.2 Å². The minimum Gasteiger partial charge on any atom is -0.497 e. The van der Waals surface area contributed by atoms with Crippen molar-refractivity contribution in [2.75, 3.05) is 12.9 Å². The van der Waals surface area contributed by atoms with Gasteiger partial charge >= 0.3 is 0 Å². The van der Waals surface area contributed by atoms with Crippen molar-refractivity contribution in [1.82, 2.24) is 15.3 Å². The summed E-state index contributed by atoms with van der Waals surface area (Å²) in [5.41, 5.74) is 2.20. The number of amides is 1. The zero-order chi connectivity index (χ0) is 17.8. The van der Waals surface area contributed by atoms with Crippen LogP contribution in [0.1, 0.15) is 16.0 Å². The van der Waals surface area contributed by atoms with Crippen molar-refractivity contribution in [3.8, 4) is 5.75 Å². The standard InChI is InChI=1S/C18H19N3O2S2/c1-11-12(2)25-18-16(11)17(20-10-21-18)24-9-15(22)19-8-13-5-4-6-14(7-13)23-3/h4-7,10H,8-9H2,1-3H3,(H,19,22). The monoisotopic (exact) mass is 373 g/mol. The van der Waals surface area contributed by atoms with Gasteiger partial charge in [0.15, 0.2) is 0 Å². The molecule has 7 heteroatoms. The lowest BCUT2D eigenvalue weighted by Gasteiger charge is -2.07. The third kappa shape index (κ3) is 4.11. The van der Waals surface area contributed by atoms with Gasteiger partial charge in [-0.05, 0) is 37.1 Å². The van der Waals surface area contributed by atoms with Gasteiger partial charge in [0.2, 0.25) is 5.91 Å². The van der Waals surface area contributed by atoms with Crippen LogP contribution in [0, 0.1) is 13.8 Å². The number of thiophene rings is 1. The van der Waals surface area contributed by atoms with E-state index in [9.17, 15) is 4.79 Å². The molecule has 0 saturated carbocycles. The number of nitrogens with one attached hydrogen (secondary N) is 1. The van der Waals surface area contributed by atoms with Crippen LogP contribution >= 0.6 is 23.1 Å². The number of aromatic nitrogens is 2. The summed E-state index contributed by atoms with van der Waals surface area (Å²) in [6.45, 7) is 4.63. The molecule has 25 heavy (non-hydrogen) atoms. The van der Waals surface area contributed by atoms with Crippen LogP contribution in [-0.2, 0) is 11.3 Å². The van der Waals surface area contributed by atoms with Crippen LogP contribution in [0.4, 0.5) is 0 Å². The molecule has 0 aliphatic heterocycles. The van der Waals surface area contributed by atoms with E-state index < -0.39 is 0 Å². The average Bonchev–Trinajstić information content (AvgIpc) is 2.93. The number of nitrogens with zero attached hydrogens (tertiary/aromatic N) is 2. The lowest BCUT2D eigenvalue weighted by Crippen LogP contribution is -2.24. The second kappa shape index (κ2) is 7.84. The number of methoxy groups -OCH3 is 1. The van der Waals surface area contributed by atoms with E-state index in [0.29, 0.717) is 12.3 Å². The van der Waals surface area contributed by atoms with E-state index in [1.54, 1.807) is 24.8 Å². The molecule has 0 aliphatic rings. The molecule has 5 nitrogen and oxygen atoms in total. The molecule has 0 fully saturated rings. The van der Waals surface area contributed by atoms with E-state index in [2.05, 4.69) is 29.1 Å². The summed E-state index contributed by atoms with van der Waals surface area (Å²) >= 11 is 3.11. The Bertz CT molecular complexity index is 908. The van der Waals surface area contributed by atoms with Crippen molar-refractivity contribution in [3.05, 3.63) is 46.6 Å². The van der Waals surface area contributed by atoms with Gasteiger partial charge in [0.25, 0.3) is 0 Å². The number of ether oxygens (including phenoxy) is 1. The normalized spacial score (nSPS) is 10.8. The maximum Gasteiger partial charge on any atom is 0.230 e. The average molecular weight is 374 g/mol. The number of benzene rings is 1. The Kier molecular flexibility index (Phi) is 5.55. The lowest BCUT2D eigenvalue weighted by atomic mass is 10.2. The van der Waals surface area contributed by atoms with E-state index >= 15 is 0 Å². The fourth-order valence-corrected chi connectivity index (χ4v) is 4.37. The molecule has 3 rings (SSSR count). The van der Waals surface area contributed by atoms with Crippen molar-refractivity contribution in [1.29, 1.82) is 0 Å². The summed E-state index contributed by atoms with van der Waals surface area (Å²) in [6.07, 6.45) is 1.56. The Labute approximate surface area is 154 Å². The molecule has 1 amide bonds. The van der Waals surface area contributed by atoms with Crippen LogP contribution < -0.4 is 10.1 Å². The van der Waals surface area contributed by atoms with Gasteiger partial charge < -0.3 is 10.1 Å².